The quantitative estimate of drug-likeness (QED) is 0.156. The number of benzene rings is 11. The molecule has 3 aromatic heterocycles. The summed E-state index contributed by atoms with van der Waals surface area (Å²) < 4.78 is 11.4. The number of fused-ring (bicyclic) bond motifs is 9. The van der Waals surface area contributed by atoms with Crippen LogP contribution < -0.4 is 0 Å². The lowest BCUT2D eigenvalue weighted by Gasteiger charge is -2.14. The van der Waals surface area contributed by atoms with Crippen LogP contribution in [-0.2, 0) is 0 Å². The smallest absolute Gasteiger partial charge is 0.159 e. The van der Waals surface area contributed by atoms with E-state index in [1.165, 1.54) is 82.7 Å². The Morgan fingerprint density at radius 2 is 0.652 bits per heavy atom. The second-order valence-electron chi connectivity index (χ2n) is 18.1. The van der Waals surface area contributed by atoms with Crippen LogP contribution in [0.15, 0.2) is 259 Å². The van der Waals surface area contributed by atoms with Gasteiger partial charge in [-0.2, -0.15) is 0 Å². The molecular weight excluding hydrogens is 837 g/mol. The summed E-state index contributed by atoms with van der Waals surface area (Å²) in [7, 11) is 0. The summed E-state index contributed by atoms with van der Waals surface area (Å²) in [5, 5.41) is 7.08. The van der Waals surface area contributed by atoms with Gasteiger partial charge in [-0.25, -0.2) is 0 Å². The lowest BCUT2D eigenvalue weighted by Crippen LogP contribution is -1.95. The molecule has 14 aromatic rings. The second kappa shape index (κ2) is 15.7. The van der Waals surface area contributed by atoms with Gasteiger partial charge >= 0.3 is 0 Å². The monoisotopic (exact) mass is 878 g/mol. The van der Waals surface area contributed by atoms with Gasteiger partial charge in [-0.15, -0.1) is 0 Å². The Morgan fingerprint density at radius 3 is 1.28 bits per heavy atom. The van der Waals surface area contributed by atoms with Crippen molar-refractivity contribution >= 4 is 65.6 Å². The summed E-state index contributed by atoms with van der Waals surface area (Å²) in [5.74, 6) is 0. The summed E-state index contributed by atoms with van der Waals surface area (Å²) in [5.41, 5.74) is 20.4. The zero-order chi connectivity index (χ0) is 45.4. The average molecular weight is 879 g/mol. The van der Waals surface area contributed by atoms with Crippen molar-refractivity contribution in [3.8, 4) is 67.0 Å². The van der Waals surface area contributed by atoms with Crippen LogP contribution in [-0.4, -0.2) is 9.13 Å². The Morgan fingerprint density at radius 1 is 0.232 bits per heavy atom. The molecule has 0 spiro atoms. The standard InChI is InChI=1S/C66H42N2O/c1-4-16-43(17-5-1)47-30-33-61-58(40-47)59-42-49(48-32-35-63-57(41-48)54-24-10-12-27-60(54)68(63)64-28-15-26-56-55-25-11-13-29-65(55)69-66(56)64)31-34-62(59)67(61)53-23-14-22-46(39-53)52-37-50(44-18-6-2-7-19-44)36-51(38-52)45-20-8-3-9-21-45/h1-42H. The highest BCUT2D eigenvalue weighted by Crippen LogP contribution is 2.42. The van der Waals surface area contributed by atoms with E-state index in [1.807, 2.05) is 6.07 Å². The maximum Gasteiger partial charge on any atom is 0.159 e. The number of hydrogen-bond donors (Lipinski definition) is 0. The third-order valence-electron chi connectivity index (χ3n) is 14.1. The van der Waals surface area contributed by atoms with Crippen LogP contribution >= 0.6 is 0 Å². The van der Waals surface area contributed by atoms with E-state index in [0.29, 0.717) is 0 Å². The normalized spacial score (nSPS) is 11.8. The predicted molar refractivity (Wildman–Crippen MR) is 290 cm³/mol. The van der Waals surface area contributed by atoms with Gasteiger partial charge in [-0.3, -0.25) is 0 Å². The molecule has 0 N–H and O–H groups in total. The largest absolute Gasteiger partial charge is 0.454 e. The highest BCUT2D eigenvalue weighted by molar-refractivity contribution is 6.15. The molecule has 0 aliphatic heterocycles. The maximum absolute atomic E-state index is 6.59. The fourth-order valence-electron chi connectivity index (χ4n) is 10.8. The number of para-hydroxylation sites is 3. The van der Waals surface area contributed by atoms with Gasteiger partial charge in [-0.1, -0.05) is 170 Å². The summed E-state index contributed by atoms with van der Waals surface area (Å²) in [6, 6.07) is 92.6. The molecule has 3 nitrogen and oxygen atoms in total. The molecule has 0 aliphatic carbocycles. The fourth-order valence-corrected chi connectivity index (χ4v) is 10.8. The van der Waals surface area contributed by atoms with Gasteiger partial charge in [0.05, 0.1) is 27.8 Å². The Bertz CT molecular complexity index is 4230. The third-order valence-corrected chi connectivity index (χ3v) is 14.1. The SMILES string of the molecule is c1ccc(-c2cc(-c3ccccc3)cc(-c3cccc(-n4c5ccc(-c6ccccc6)cc5c5cc(-c6ccc7c(c6)c6ccccc6n7-c6cccc7c6oc6ccccc67)ccc54)c3)c2)cc1. The summed E-state index contributed by atoms with van der Waals surface area (Å²) in [4.78, 5) is 0. The first kappa shape index (κ1) is 39.0. The maximum atomic E-state index is 6.59. The summed E-state index contributed by atoms with van der Waals surface area (Å²) in [6.45, 7) is 0. The average Bonchev–Trinajstić information content (AvgIpc) is 4.09. The topological polar surface area (TPSA) is 23.0 Å². The van der Waals surface area contributed by atoms with E-state index in [-0.39, 0.29) is 0 Å². The van der Waals surface area contributed by atoms with Gasteiger partial charge in [0.2, 0.25) is 0 Å². The molecule has 3 heterocycles. The Balaban J connectivity index is 0.938. The van der Waals surface area contributed by atoms with E-state index < -0.39 is 0 Å². The van der Waals surface area contributed by atoms with E-state index in [4.69, 9.17) is 4.42 Å². The Hall–Kier alpha value is -9.18. The van der Waals surface area contributed by atoms with E-state index in [1.54, 1.807) is 0 Å². The summed E-state index contributed by atoms with van der Waals surface area (Å²) in [6.07, 6.45) is 0. The van der Waals surface area contributed by atoms with Crippen LogP contribution in [0.4, 0.5) is 0 Å². The first-order chi connectivity index (χ1) is 34.2. The molecule has 0 bridgehead atoms. The van der Waals surface area contributed by atoms with Gasteiger partial charge in [0.25, 0.3) is 0 Å². The molecule has 3 heteroatoms. The summed E-state index contributed by atoms with van der Waals surface area (Å²) >= 11 is 0. The number of nitrogens with zero attached hydrogens (tertiary/aromatic N) is 2. The van der Waals surface area contributed by atoms with Gasteiger partial charge in [0, 0.05) is 38.0 Å². The molecule has 0 fully saturated rings. The van der Waals surface area contributed by atoms with Crippen molar-refractivity contribution in [2.24, 2.45) is 0 Å². The Labute approximate surface area is 399 Å². The minimum Gasteiger partial charge on any atom is -0.454 e. The minimum atomic E-state index is 0.894. The lowest BCUT2D eigenvalue weighted by molar-refractivity contribution is 0.666. The fraction of sp³-hybridized carbons (Fsp3) is 0. The van der Waals surface area contributed by atoms with Crippen molar-refractivity contribution in [2.75, 3.05) is 0 Å². The van der Waals surface area contributed by atoms with Crippen molar-refractivity contribution in [2.45, 2.75) is 0 Å². The first-order valence-corrected chi connectivity index (χ1v) is 23.6. The van der Waals surface area contributed by atoms with Crippen LogP contribution in [0.3, 0.4) is 0 Å². The van der Waals surface area contributed by atoms with Crippen LogP contribution in [0.25, 0.3) is 133 Å². The molecule has 0 aliphatic rings. The highest BCUT2D eigenvalue weighted by atomic mass is 16.3. The van der Waals surface area contributed by atoms with Gasteiger partial charge in [0.1, 0.15) is 5.58 Å². The molecule has 0 saturated carbocycles. The van der Waals surface area contributed by atoms with Gasteiger partial charge in [0.15, 0.2) is 5.58 Å². The lowest BCUT2D eigenvalue weighted by atomic mass is 9.93. The second-order valence-corrected chi connectivity index (χ2v) is 18.1. The first-order valence-electron chi connectivity index (χ1n) is 23.6. The van der Waals surface area contributed by atoms with Crippen molar-refractivity contribution in [1.29, 1.82) is 0 Å². The van der Waals surface area contributed by atoms with Crippen LogP contribution in [0.1, 0.15) is 0 Å². The number of furan rings is 1. The molecule has 0 radical (unpaired) electrons. The van der Waals surface area contributed by atoms with E-state index >= 15 is 0 Å². The molecule has 322 valence electrons. The van der Waals surface area contributed by atoms with Crippen LogP contribution in [0.5, 0.6) is 0 Å². The van der Waals surface area contributed by atoms with E-state index in [0.717, 1.165) is 49.9 Å². The molecule has 0 saturated heterocycles. The molecule has 0 unspecified atom stereocenters. The van der Waals surface area contributed by atoms with E-state index in [2.05, 4.69) is 258 Å². The Kier molecular flexibility index (Phi) is 8.90. The van der Waals surface area contributed by atoms with Crippen molar-refractivity contribution < 1.29 is 4.42 Å². The minimum absolute atomic E-state index is 0.894. The zero-order valence-corrected chi connectivity index (χ0v) is 37.6. The molecule has 69 heavy (non-hydrogen) atoms. The van der Waals surface area contributed by atoms with E-state index in [9.17, 15) is 0 Å². The van der Waals surface area contributed by atoms with Crippen LogP contribution in [0.2, 0.25) is 0 Å². The van der Waals surface area contributed by atoms with Crippen molar-refractivity contribution in [3.63, 3.8) is 0 Å². The highest BCUT2D eigenvalue weighted by Gasteiger charge is 2.20. The van der Waals surface area contributed by atoms with Gasteiger partial charge in [-0.05, 0) is 141 Å². The van der Waals surface area contributed by atoms with Crippen molar-refractivity contribution in [3.05, 3.63) is 255 Å². The molecule has 11 aromatic carbocycles. The van der Waals surface area contributed by atoms with Gasteiger partial charge < -0.3 is 13.6 Å². The molecule has 0 atom stereocenters. The third kappa shape index (κ3) is 6.43. The number of rotatable bonds is 7. The molecule has 14 rings (SSSR count). The van der Waals surface area contributed by atoms with Crippen LogP contribution in [0, 0.1) is 0 Å². The predicted octanol–water partition coefficient (Wildman–Crippen LogP) is 18.1. The van der Waals surface area contributed by atoms with Crippen molar-refractivity contribution in [1.82, 2.24) is 9.13 Å². The molecular formula is C66H42N2O. The molecule has 0 amide bonds. The zero-order valence-electron chi connectivity index (χ0n) is 37.6. The number of aromatic nitrogens is 2. The number of hydrogen-bond acceptors (Lipinski definition) is 1.